The van der Waals surface area contributed by atoms with E-state index in [1.807, 2.05) is 0 Å². The van der Waals surface area contributed by atoms with Crippen LogP contribution in [0.1, 0.15) is 16.7 Å². The molecule has 0 saturated carbocycles. The molecule has 20 heavy (non-hydrogen) atoms. The topological polar surface area (TPSA) is 21.6 Å². The summed E-state index contributed by atoms with van der Waals surface area (Å²) in [6.45, 7) is 0. The van der Waals surface area contributed by atoms with Crippen molar-refractivity contribution in [3.05, 3.63) is 71.3 Å². The normalized spacial score (nSPS) is 12.3. The summed E-state index contributed by atoms with van der Waals surface area (Å²) in [7, 11) is 1.30. The third kappa shape index (κ3) is 2.99. The van der Waals surface area contributed by atoms with Gasteiger partial charge in [0.05, 0.1) is 5.56 Å². The molecule has 5 heteroatoms. The average Bonchev–Trinajstić information content (AvgIpc) is 2.45. The number of alkyl halides is 3. The second-order valence-corrected chi connectivity index (χ2v) is 4.03. The van der Waals surface area contributed by atoms with Crippen molar-refractivity contribution in [3.8, 4) is 0 Å². The number of hydrogen-bond acceptors (Lipinski definition) is 2. The lowest BCUT2D eigenvalue weighted by molar-refractivity contribution is -0.137. The van der Waals surface area contributed by atoms with Gasteiger partial charge in [-0.2, -0.15) is 13.2 Å². The van der Waals surface area contributed by atoms with Crippen molar-refractivity contribution < 1.29 is 18.0 Å². The lowest BCUT2D eigenvalue weighted by Gasteiger charge is -2.14. The number of hydrogen-bond donors (Lipinski definition) is 0. The number of rotatable bonds is 3. The van der Waals surface area contributed by atoms with Gasteiger partial charge in [0.1, 0.15) is 12.8 Å². The third-order valence-corrected chi connectivity index (χ3v) is 2.72. The minimum atomic E-state index is -4.44. The molecule has 0 N–H and O–H groups in total. The van der Waals surface area contributed by atoms with E-state index in [1.54, 1.807) is 36.4 Å². The van der Waals surface area contributed by atoms with E-state index < -0.39 is 11.7 Å². The number of oxime groups is 1. The first-order valence-corrected chi connectivity index (χ1v) is 5.87. The van der Waals surface area contributed by atoms with Gasteiger partial charge in [0, 0.05) is 11.1 Å². The highest BCUT2D eigenvalue weighted by Crippen LogP contribution is 2.33. The maximum Gasteiger partial charge on any atom is 0.417 e. The quantitative estimate of drug-likeness (QED) is 0.612. The minimum Gasteiger partial charge on any atom is -0.399 e. The van der Waals surface area contributed by atoms with Crippen LogP contribution in [0.4, 0.5) is 13.2 Å². The van der Waals surface area contributed by atoms with Gasteiger partial charge in [-0.3, -0.25) is 0 Å². The summed E-state index contributed by atoms with van der Waals surface area (Å²) in [6.07, 6.45) is -4.44. The van der Waals surface area contributed by atoms with Gasteiger partial charge in [-0.05, 0) is 6.07 Å². The maximum atomic E-state index is 13.1. The smallest absolute Gasteiger partial charge is 0.399 e. The van der Waals surface area contributed by atoms with Gasteiger partial charge in [-0.1, -0.05) is 53.7 Å². The predicted octanol–water partition coefficient (Wildman–Crippen LogP) is 4.10. The Labute approximate surface area is 114 Å². The Morgan fingerprint density at radius 1 is 0.950 bits per heavy atom. The van der Waals surface area contributed by atoms with Gasteiger partial charge >= 0.3 is 6.18 Å². The Morgan fingerprint density at radius 2 is 1.55 bits per heavy atom. The van der Waals surface area contributed by atoms with E-state index in [0.29, 0.717) is 5.56 Å². The van der Waals surface area contributed by atoms with Crippen molar-refractivity contribution in [2.75, 3.05) is 7.11 Å². The number of benzene rings is 2. The molecule has 0 bridgehead atoms. The molecule has 0 spiro atoms. The summed E-state index contributed by atoms with van der Waals surface area (Å²) in [5.74, 6) is 0. The van der Waals surface area contributed by atoms with Gasteiger partial charge < -0.3 is 4.84 Å². The molecule has 2 rings (SSSR count). The monoisotopic (exact) mass is 279 g/mol. The van der Waals surface area contributed by atoms with Crippen LogP contribution in [0.25, 0.3) is 0 Å². The zero-order valence-corrected chi connectivity index (χ0v) is 10.7. The van der Waals surface area contributed by atoms with Crippen LogP contribution in [0.5, 0.6) is 0 Å². The fourth-order valence-corrected chi connectivity index (χ4v) is 1.88. The highest BCUT2D eigenvalue weighted by atomic mass is 19.4. The lowest BCUT2D eigenvalue weighted by atomic mass is 9.97. The van der Waals surface area contributed by atoms with Gasteiger partial charge in [-0.15, -0.1) is 0 Å². The largest absolute Gasteiger partial charge is 0.417 e. The molecule has 0 heterocycles. The zero-order chi connectivity index (χ0) is 14.6. The van der Waals surface area contributed by atoms with Crippen molar-refractivity contribution in [1.82, 2.24) is 0 Å². The van der Waals surface area contributed by atoms with Crippen LogP contribution < -0.4 is 0 Å². The number of nitrogens with zero attached hydrogens (tertiary/aromatic N) is 1. The van der Waals surface area contributed by atoms with Crippen molar-refractivity contribution in [3.63, 3.8) is 0 Å². The maximum absolute atomic E-state index is 13.1. The van der Waals surface area contributed by atoms with E-state index in [-0.39, 0.29) is 11.3 Å². The summed E-state index contributed by atoms with van der Waals surface area (Å²) in [6, 6.07) is 13.9. The molecule has 0 unspecified atom stereocenters. The Balaban J connectivity index is 2.61. The Hall–Kier alpha value is -2.30. The van der Waals surface area contributed by atoms with Crippen LogP contribution in [-0.4, -0.2) is 12.8 Å². The Bertz CT molecular complexity index is 606. The molecule has 0 atom stereocenters. The zero-order valence-electron chi connectivity index (χ0n) is 10.7. The highest BCUT2D eigenvalue weighted by Gasteiger charge is 2.34. The molecule has 0 aliphatic carbocycles. The molecule has 2 aromatic rings. The van der Waals surface area contributed by atoms with Crippen molar-refractivity contribution in [2.45, 2.75) is 6.18 Å². The van der Waals surface area contributed by atoms with E-state index in [0.717, 1.165) is 6.07 Å². The van der Waals surface area contributed by atoms with E-state index >= 15 is 0 Å². The summed E-state index contributed by atoms with van der Waals surface area (Å²) < 4.78 is 39.2. The summed E-state index contributed by atoms with van der Waals surface area (Å²) in [5, 5.41) is 3.76. The molecule has 2 nitrogen and oxygen atoms in total. The van der Waals surface area contributed by atoms with Crippen LogP contribution in [0.3, 0.4) is 0 Å². The number of halogens is 3. The summed E-state index contributed by atoms with van der Waals surface area (Å²) in [5.41, 5.74) is -0.0280. The van der Waals surface area contributed by atoms with Gasteiger partial charge in [0.25, 0.3) is 0 Å². The summed E-state index contributed by atoms with van der Waals surface area (Å²) in [4.78, 5) is 4.70. The standard InChI is InChI=1S/C15H12F3NO/c1-20-19-14(11-7-3-2-4-8-11)12-9-5-6-10-13(12)15(16,17)18/h2-10H,1H3/b19-14+. The van der Waals surface area contributed by atoms with Gasteiger partial charge in [-0.25, -0.2) is 0 Å². The summed E-state index contributed by atoms with van der Waals surface area (Å²) >= 11 is 0. The molecule has 0 amide bonds. The molecule has 104 valence electrons. The van der Waals surface area contributed by atoms with Crippen molar-refractivity contribution in [1.29, 1.82) is 0 Å². The van der Waals surface area contributed by atoms with Crippen LogP contribution in [-0.2, 0) is 11.0 Å². The first kappa shape index (κ1) is 14.1. The van der Waals surface area contributed by atoms with Crippen LogP contribution in [0.2, 0.25) is 0 Å². The fraction of sp³-hybridized carbons (Fsp3) is 0.133. The molecule has 0 aliphatic heterocycles. The lowest BCUT2D eigenvalue weighted by Crippen LogP contribution is -2.14. The van der Waals surface area contributed by atoms with Crippen molar-refractivity contribution in [2.24, 2.45) is 5.16 Å². The average molecular weight is 279 g/mol. The molecule has 0 aromatic heterocycles. The van der Waals surface area contributed by atoms with E-state index in [4.69, 9.17) is 4.84 Å². The molecule has 2 aromatic carbocycles. The third-order valence-electron chi connectivity index (χ3n) is 2.72. The van der Waals surface area contributed by atoms with Crippen LogP contribution in [0.15, 0.2) is 59.8 Å². The Morgan fingerprint density at radius 3 is 2.15 bits per heavy atom. The first-order chi connectivity index (χ1) is 9.54. The Kier molecular flexibility index (Phi) is 4.08. The van der Waals surface area contributed by atoms with Crippen molar-refractivity contribution >= 4 is 5.71 Å². The van der Waals surface area contributed by atoms with Crippen LogP contribution >= 0.6 is 0 Å². The van der Waals surface area contributed by atoms with E-state index in [9.17, 15) is 13.2 Å². The van der Waals surface area contributed by atoms with Gasteiger partial charge in [0.15, 0.2) is 0 Å². The van der Waals surface area contributed by atoms with E-state index in [2.05, 4.69) is 5.16 Å². The first-order valence-electron chi connectivity index (χ1n) is 5.87. The van der Waals surface area contributed by atoms with E-state index in [1.165, 1.54) is 19.2 Å². The van der Waals surface area contributed by atoms with Crippen LogP contribution in [0, 0.1) is 0 Å². The highest BCUT2D eigenvalue weighted by molar-refractivity contribution is 6.13. The molecule has 0 radical (unpaired) electrons. The predicted molar refractivity (Wildman–Crippen MR) is 70.5 cm³/mol. The second kappa shape index (κ2) is 5.77. The minimum absolute atomic E-state index is 0.00644. The molecule has 0 fully saturated rings. The second-order valence-electron chi connectivity index (χ2n) is 4.03. The molecule has 0 saturated heterocycles. The fourth-order valence-electron chi connectivity index (χ4n) is 1.88. The molecular formula is C15H12F3NO. The molecular weight excluding hydrogens is 267 g/mol. The SMILES string of the molecule is CO/N=C(\c1ccccc1)c1ccccc1C(F)(F)F. The molecule has 0 aliphatic rings. The van der Waals surface area contributed by atoms with Gasteiger partial charge in [0.2, 0.25) is 0 Å².